The molecule has 0 spiro atoms. The summed E-state index contributed by atoms with van der Waals surface area (Å²) in [4.78, 5) is 23.4. The van der Waals surface area contributed by atoms with Gasteiger partial charge in [-0.2, -0.15) is 0 Å². The normalized spacial score (nSPS) is 10.0. The largest absolute Gasteiger partial charge is 0.497 e. The predicted octanol–water partition coefficient (Wildman–Crippen LogP) is 3.41. The summed E-state index contributed by atoms with van der Waals surface area (Å²) in [5.41, 5.74) is 0.606. The van der Waals surface area contributed by atoms with Gasteiger partial charge in [-0.25, -0.2) is 4.79 Å². The molecule has 0 bridgehead atoms. The van der Waals surface area contributed by atoms with E-state index in [2.05, 4.69) is 21.2 Å². The number of halogens is 1. The Hall–Kier alpha value is -2.34. The van der Waals surface area contributed by atoms with E-state index in [1.807, 2.05) is 0 Å². The minimum atomic E-state index is -1.12. The number of carbonyl (C=O) groups excluding carboxylic acids is 1. The van der Waals surface area contributed by atoms with Crippen LogP contribution in [0.1, 0.15) is 20.7 Å². The third-order valence-electron chi connectivity index (χ3n) is 2.79. The summed E-state index contributed by atoms with van der Waals surface area (Å²) in [5, 5.41) is 11.7. The molecule has 0 aromatic heterocycles. The third kappa shape index (κ3) is 3.61. The number of rotatable bonds is 4. The molecule has 0 atom stereocenters. The first kappa shape index (κ1) is 15.1. The number of carbonyl (C=O) groups is 2. The van der Waals surface area contributed by atoms with Gasteiger partial charge in [0.2, 0.25) is 0 Å². The van der Waals surface area contributed by atoms with Crippen LogP contribution in [0.15, 0.2) is 46.9 Å². The van der Waals surface area contributed by atoms with E-state index >= 15 is 0 Å². The van der Waals surface area contributed by atoms with Crippen molar-refractivity contribution in [2.45, 2.75) is 0 Å². The second-order valence-electron chi connectivity index (χ2n) is 4.18. The number of methoxy groups -OCH3 is 1. The van der Waals surface area contributed by atoms with E-state index < -0.39 is 11.9 Å². The molecular weight excluding hydrogens is 338 g/mol. The third-order valence-corrected chi connectivity index (χ3v) is 3.29. The molecule has 0 unspecified atom stereocenters. The number of hydrogen-bond acceptors (Lipinski definition) is 3. The molecule has 0 heterocycles. The van der Waals surface area contributed by atoms with Crippen molar-refractivity contribution < 1.29 is 19.4 Å². The van der Waals surface area contributed by atoms with E-state index in [9.17, 15) is 9.59 Å². The van der Waals surface area contributed by atoms with Crippen LogP contribution in [0.4, 0.5) is 5.69 Å². The van der Waals surface area contributed by atoms with Crippen molar-refractivity contribution in [3.63, 3.8) is 0 Å². The van der Waals surface area contributed by atoms with Gasteiger partial charge in [0.15, 0.2) is 0 Å². The molecule has 2 aromatic carbocycles. The molecule has 0 aliphatic rings. The van der Waals surface area contributed by atoms with Crippen molar-refractivity contribution in [3.8, 4) is 5.75 Å². The Morgan fingerprint density at radius 2 is 1.95 bits per heavy atom. The highest BCUT2D eigenvalue weighted by molar-refractivity contribution is 9.10. The summed E-state index contributed by atoms with van der Waals surface area (Å²) >= 11 is 3.28. The molecule has 0 fully saturated rings. The fourth-order valence-electron chi connectivity index (χ4n) is 1.76. The number of anilines is 1. The zero-order valence-electron chi connectivity index (χ0n) is 11.1. The Bertz CT molecular complexity index is 700. The van der Waals surface area contributed by atoms with Crippen molar-refractivity contribution >= 4 is 33.5 Å². The Morgan fingerprint density at radius 3 is 2.57 bits per heavy atom. The highest BCUT2D eigenvalue weighted by atomic mass is 79.9. The lowest BCUT2D eigenvalue weighted by atomic mass is 10.1. The zero-order chi connectivity index (χ0) is 15.4. The summed E-state index contributed by atoms with van der Waals surface area (Å²) in [6.45, 7) is 0. The van der Waals surface area contributed by atoms with Crippen molar-refractivity contribution in [1.29, 1.82) is 0 Å². The highest BCUT2D eigenvalue weighted by Gasteiger charge is 2.14. The fraction of sp³-hybridized carbons (Fsp3) is 0.0667. The molecule has 0 aliphatic heterocycles. The van der Waals surface area contributed by atoms with E-state index in [0.717, 1.165) is 4.47 Å². The molecule has 1 amide bonds. The number of carboxylic acids is 1. The van der Waals surface area contributed by atoms with Gasteiger partial charge in [0.25, 0.3) is 5.91 Å². The van der Waals surface area contributed by atoms with Gasteiger partial charge in [-0.1, -0.05) is 22.0 Å². The van der Waals surface area contributed by atoms with Crippen LogP contribution < -0.4 is 10.1 Å². The van der Waals surface area contributed by atoms with Gasteiger partial charge in [0.05, 0.1) is 18.4 Å². The van der Waals surface area contributed by atoms with Crippen LogP contribution in [0.5, 0.6) is 5.75 Å². The van der Waals surface area contributed by atoms with Crippen molar-refractivity contribution in [2.24, 2.45) is 0 Å². The van der Waals surface area contributed by atoms with E-state index in [4.69, 9.17) is 9.84 Å². The fourth-order valence-corrected chi connectivity index (χ4v) is 2.16. The van der Waals surface area contributed by atoms with E-state index in [-0.39, 0.29) is 11.3 Å². The van der Waals surface area contributed by atoms with Gasteiger partial charge in [0.1, 0.15) is 5.75 Å². The number of hydrogen-bond donors (Lipinski definition) is 2. The van der Waals surface area contributed by atoms with Gasteiger partial charge in [0, 0.05) is 16.1 Å². The lowest BCUT2D eigenvalue weighted by Gasteiger charge is -2.10. The van der Waals surface area contributed by atoms with E-state index in [1.165, 1.54) is 25.3 Å². The second kappa shape index (κ2) is 6.41. The first-order valence-corrected chi connectivity index (χ1v) is 6.79. The number of carboxylic acid groups (broad SMARTS) is 1. The molecule has 0 saturated heterocycles. The van der Waals surface area contributed by atoms with Gasteiger partial charge in [-0.15, -0.1) is 0 Å². The number of benzene rings is 2. The summed E-state index contributed by atoms with van der Waals surface area (Å²) in [6.07, 6.45) is 0. The van der Waals surface area contributed by atoms with Gasteiger partial charge in [-0.05, 0) is 30.3 Å². The van der Waals surface area contributed by atoms with Crippen LogP contribution in [0, 0.1) is 0 Å². The van der Waals surface area contributed by atoms with E-state index in [0.29, 0.717) is 11.3 Å². The summed E-state index contributed by atoms with van der Waals surface area (Å²) in [7, 11) is 1.47. The molecule has 5 nitrogen and oxygen atoms in total. The van der Waals surface area contributed by atoms with Crippen LogP contribution in [-0.4, -0.2) is 24.1 Å². The molecule has 2 N–H and O–H groups in total. The van der Waals surface area contributed by atoms with Crippen LogP contribution in [0.2, 0.25) is 0 Å². The maximum Gasteiger partial charge on any atom is 0.337 e. The highest BCUT2D eigenvalue weighted by Crippen LogP contribution is 2.23. The van der Waals surface area contributed by atoms with Crippen LogP contribution in [0.3, 0.4) is 0 Å². The molecule has 21 heavy (non-hydrogen) atoms. The molecule has 6 heteroatoms. The molecule has 0 saturated carbocycles. The predicted molar refractivity (Wildman–Crippen MR) is 82.0 cm³/mol. The Labute approximate surface area is 129 Å². The maximum absolute atomic E-state index is 12.2. The molecule has 0 aliphatic carbocycles. The van der Waals surface area contributed by atoms with E-state index in [1.54, 1.807) is 24.3 Å². The first-order chi connectivity index (χ1) is 10.0. The number of ether oxygens (including phenoxy) is 1. The second-order valence-corrected chi connectivity index (χ2v) is 5.10. The first-order valence-electron chi connectivity index (χ1n) is 5.99. The monoisotopic (exact) mass is 349 g/mol. The Balaban J connectivity index is 2.33. The van der Waals surface area contributed by atoms with Gasteiger partial charge < -0.3 is 15.2 Å². The minimum absolute atomic E-state index is 0.000790. The van der Waals surface area contributed by atoms with Crippen LogP contribution in [-0.2, 0) is 0 Å². The summed E-state index contributed by atoms with van der Waals surface area (Å²) in [6, 6.07) is 11.2. The van der Waals surface area contributed by atoms with Gasteiger partial charge in [-0.3, -0.25) is 4.79 Å². The van der Waals surface area contributed by atoms with Crippen molar-refractivity contribution in [1.82, 2.24) is 0 Å². The lowest BCUT2D eigenvalue weighted by molar-refractivity contribution is 0.0698. The smallest absolute Gasteiger partial charge is 0.337 e. The topological polar surface area (TPSA) is 75.6 Å². The molecular formula is C15H12BrNO4. The standard InChI is InChI=1S/C15H12BrNO4/c1-21-11-5-6-12(15(19)20)13(8-11)17-14(18)9-3-2-4-10(16)7-9/h2-8H,1H3,(H,17,18)(H,19,20). The number of aromatic carboxylic acids is 1. The van der Waals surface area contributed by atoms with Crippen LogP contribution >= 0.6 is 15.9 Å². The Morgan fingerprint density at radius 1 is 1.19 bits per heavy atom. The average Bonchev–Trinajstić information content (AvgIpc) is 2.46. The molecule has 0 radical (unpaired) electrons. The Kier molecular flexibility index (Phi) is 4.59. The summed E-state index contributed by atoms with van der Waals surface area (Å²) < 4.78 is 5.81. The molecule has 2 rings (SSSR count). The lowest BCUT2D eigenvalue weighted by Crippen LogP contribution is -2.15. The quantitative estimate of drug-likeness (QED) is 0.886. The summed E-state index contributed by atoms with van der Waals surface area (Å²) in [5.74, 6) is -1.06. The average molecular weight is 350 g/mol. The van der Waals surface area contributed by atoms with Crippen molar-refractivity contribution in [3.05, 3.63) is 58.1 Å². The minimum Gasteiger partial charge on any atom is -0.497 e. The SMILES string of the molecule is COc1ccc(C(=O)O)c(NC(=O)c2cccc(Br)c2)c1. The molecule has 108 valence electrons. The van der Waals surface area contributed by atoms with Crippen molar-refractivity contribution in [2.75, 3.05) is 12.4 Å². The molecule has 2 aromatic rings. The zero-order valence-corrected chi connectivity index (χ0v) is 12.7. The van der Waals surface area contributed by atoms with Gasteiger partial charge >= 0.3 is 5.97 Å². The number of nitrogens with one attached hydrogen (secondary N) is 1. The number of amides is 1. The maximum atomic E-state index is 12.2. The van der Waals surface area contributed by atoms with Crippen LogP contribution in [0.25, 0.3) is 0 Å².